The van der Waals surface area contributed by atoms with E-state index in [1.54, 1.807) is 0 Å². The molecule has 1 aromatic rings. The Balaban J connectivity index is 1.88. The first-order valence-electron chi connectivity index (χ1n) is 6.90. The molecule has 1 atom stereocenters. The van der Waals surface area contributed by atoms with Crippen LogP contribution >= 0.6 is 0 Å². The van der Waals surface area contributed by atoms with Gasteiger partial charge >= 0.3 is 0 Å². The third-order valence-electron chi connectivity index (χ3n) is 3.85. The maximum atomic E-state index is 13.0. The van der Waals surface area contributed by atoms with Crippen LogP contribution in [0, 0.1) is 5.82 Å². The second-order valence-corrected chi connectivity index (χ2v) is 5.42. The van der Waals surface area contributed by atoms with E-state index >= 15 is 0 Å². The summed E-state index contributed by atoms with van der Waals surface area (Å²) in [5.74, 6) is -1.39. The van der Waals surface area contributed by atoms with Gasteiger partial charge in [0.25, 0.3) is 5.91 Å². The molecule has 1 aromatic carbocycles. The standard InChI is InChI=1S/C15H15FN2O3/c1-9(19)17(11-6-7-11)13-8-14(20)18(15(13)21)12-4-2-10(16)3-5-12/h2-5,11,13H,6-8H2,1H3. The lowest BCUT2D eigenvalue weighted by atomic mass is 10.2. The van der Waals surface area contributed by atoms with E-state index in [-0.39, 0.29) is 24.3 Å². The minimum atomic E-state index is -0.729. The van der Waals surface area contributed by atoms with Crippen molar-refractivity contribution < 1.29 is 18.8 Å². The Morgan fingerprint density at radius 3 is 2.38 bits per heavy atom. The monoisotopic (exact) mass is 290 g/mol. The van der Waals surface area contributed by atoms with Gasteiger partial charge in [-0.15, -0.1) is 0 Å². The third kappa shape index (κ3) is 2.41. The zero-order chi connectivity index (χ0) is 15.1. The second kappa shape index (κ2) is 4.95. The maximum absolute atomic E-state index is 13.0. The van der Waals surface area contributed by atoms with E-state index in [1.165, 1.54) is 36.1 Å². The van der Waals surface area contributed by atoms with Crippen molar-refractivity contribution in [3.8, 4) is 0 Å². The summed E-state index contributed by atoms with van der Waals surface area (Å²) in [6.45, 7) is 1.41. The second-order valence-electron chi connectivity index (χ2n) is 5.42. The fraction of sp³-hybridized carbons (Fsp3) is 0.400. The Labute approximate surface area is 121 Å². The van der Waals surface area contributed by atoms with Crippen LogP contribution in [-0.2, 0) is 14.4 Å². The predicted octanol–water partition coefficient (Wildman–Crippen LogP) is 1.47. The molecule has 0 radical (unpaired) electrons. The maximum Gasteiger partial charge on any atom is 0.257 e. The summed E-state index contributed by atoms with van der Waals surface area (Å²) in [7, 11) is 0. The van der Waals surface area contributed by atoms with Crippen LogP contribution in [0.1, 0.15) is 26.2 Å². The van der Waals surface area contributed by atoms with Crippen molar-refractivity contribution in [3.63, 3.8) is 0 Å². The zero-order valence-electron chi connectivity index (χ0n) is 11.6. The van der Waals surface area contributed by atoms with Crippen molar-refractivity contribution in [2.24, 2.45) is 0 Å². The van der Waals surface area contributed by atoms with Crippen molar-refractivity contribution in [2.45, 2.75) is 38.3 Å². The summed E-state index contributed by atoms with van der Waals surface area (Å²) < 4.78 is 13.0. The first-order chi connectivity index (χ1) is 9.99. The van der Waals surface area contributed by atoms with Gasteiger partial charge in [0.2, 0.25) is 11.8 Å². The molecule has 1 heterocycles. The Morgan fingerprint density at radius 1 is 1.24 bits per heavy atom. The van der Waals surface area contributed by atoms with Gasteiger partial charge < -0.3 is 4.90 Å². The van der Waals surface area contributed by atoms with Gasteiger partial charge in [-0.2, -0.15) is 0 Å². The number of carbonyl (C=O) groups excluding carboxylic acids is 3. The molecule has 0 spiro atoms. The van der Waals surface area contributed by atoms with E-state index in [9.17, 15) is 18.8 Å². The lowest BCUT2D eigenvalue weighted by Crippen LogP contribution is -2.45. The van der Waals surface area contributed by atoms with Crippen LogP contribution in [0.4, 0.5) is 10.1 Å². The van der Waals surface area contributed by atoms with E-state index < -0.39 is 17.8 Å². The minimum Gasteiger partial charge on any atom is -0.327 e. The highest BCUT2D eigenvalue weighted by Gasteiger charge is 2.47. The van der Waals surface area contributed by atoms with Crippen LogP contribution in [0.25, 0.3) is 0 Å². The molecule has 1 saturated carbocycles. The zero-order valence-corrected chi connectivity index (χ0v) is 11.6. The molecule has 0 N–H and O–H groups in total. The van der Waals surface area contributed by atoms with E-state index in [2.05, 4.69) is 0 Å². The number of nitrogens with zero attached hydrogens (tertiary/aromatic N) is 2. The molecular formula is C15H15FN2O3. The highest BCUT2D eigenvalue weighted by molar-refractivity contribution is 6.23. The fourth-order valence-electron chi connectivity index (χ4n) is 2.78. The summed E-state index contributed by atoms with van der Waals surface area (Å²) in [4.78, 5) is 38.9. The smallest absolute Gasteiger partial charge is 0.257 e. The van der Waals surface area contributed by atoms with E-state index in [4.69, 9.17) is 0 Å². The first-order valence-corrected chi connectivity index (χ1v) is 6.90. The molecule has 1 aliphatic heterocycles. The number of anilines is 1. The van der Waals surface area contributed by atoms with Crippen LogP contribution < -0.4 is 4.90 Å². The highest BCUT2D eigenvalue weighted by atomic mass is 19.1. The number of carbonyl (C=O) groups is 3. The van der Waals surface area contributed by atoms with Crippen LogP contribution in [0.5, 0.6) is 0 Å². The molecule has 3 amide bonds. The topological polar surface area (TPSA) is 57.7 Å². The van der Waals surface area contributed by atoms with E-state index in [1.807, 2.05) is 0 Å². The molecule has 5 nitrogen and oxygen atoms in total. The molecule has 0 bridgehead atoms. The van der Waals surface area contributed by atoms with Crippen molar-refractivity contribution in [3.05, 3.63) is 30.1 Å². The van der Waals surface area contributed by atoms with Crippen LogP contribution in [0.2, 0.25) is 0 Å². The van der Waals surface area contributed by atoms with Gasteiger partial charge in [-0.25, -0.2) is 9.29 Å². The van der Waals surface area contributed by atoms with Crippen LogP contribution in [0.3, 0.4) is 0 Å². The summed E-state index contributed by atoms with van der Waals surface area (Å²) >= 11 is 0. The number of amides is 3. The van der Waals surface area contributed by atoms with Crippen molar-refractivity contribution in [1.82, 2.24) is 4.90 Å². The number of hydrogen-bond donors (Lipinski definition) is 0. The summed E-state index contributed by atoms with van der Waals surface area (Å²) in [5, 5.41) is 0. The van der Waals surface area contributed by atoms with Gasteiger partial charge in [-0.05, 0) is 37.1 Å². The van der Waals surface area contributed by atoms with Crippen molar-refractivity contribution >= 4 is 23.4 Å². The summed E-state index contributed by atoms with van der Waals surface area (Å²) in [6, 6.07) is 4.52. The first kappa shape index (κ1) is 13.7. The Morgan fingerprint density at radius 2 is 1.86 bits per heavy atom. The molecule has 1 saturated heterocycles. The highest BCUT2D eigenvalue weighted by Crippen LogP contribution is 2.34. The average Bonchev–Trinajstić information content (AvgIpc) is 3.20. The molecular weight excluding hydrogens is 275 g/mol. The quantitative estimate of drug-likeness (QED) is 0.792. The molecule has 2 fully saturated rings. The third-order valence-corrected chi connectivity index (χ3v) is 3.85. The van der Waals surface area contributed by atoms with Gasteiger partial charge in [0.15, 0.2) is 0 Å². The van der Waals surface area contributed by atoms with Gasteiger partial charge in [0, 0.05) is 13.0 Å². The molecule has 1 unspecified atom stereocenters. The lowest BCUT2D eigenvalue weighted by Gasteiger charge is -2.26. The van der Waals surface area contributed by atoms with Gasteiger partial charge in [0.1, 0.15) is 11.9 Å². The minimum absolute atomic E-state index is 0.00765. The van der Waals surface area contributed by atoms with Crippen LogP contribution in [0.15, 0.2) is 24.3 Å². The molecule has 3 rings (SSSR count). The molecule has 110 valence electrons. The summed E-state index contributed by atoms with van der Waals surface area (Å²) in [5.41, 5.74) is 0.341. The number of halogens is 1. The Bertz CT molecular complexity index is 610. The SMILES string of the molecule is CC(=O)N(C1CC1)C1CC(=O)N(c2ccc(F)cc2)C1=O. The summed E-state index contributed by atoms with van der Waals surface area (Å²) in [6.07, 6.45) is 1.73. The predicted molar refractivity (Wildman–Crippen MR) is 72.8 cm³/mol. The number of rotatable bonds is 3. The van der Waals surface area contributed by atoms with Gasteiger partial charge in [-0.3, -0.25) is 14.4 Å². The van der Waals surface area contributed by atoms with E-state index in [0.717, 1.165) is 17.7 Å². The largest absolute Gasteiger partial charge is 0.327 e. The van der Waals surface area contributed by atoms with Crippen molar-refractivity contribution in [1.29, 1.82) is 0 Å². The van der Waals surface area contributed by atoms with Crippen LogP contribution in [-0.4, -0.2) is 34.7 Å². The van der Waals surface area contributed by atoms with Gasteiger partial charge in [0.05, 0.1) is 12.1 Å². The number of hydrogen-bond acceptors (Lipinski definition) is 3. The number of imide groups is 1. The molecule has 21 heavy (non-hydrogen) atoms. The molecule has 1 aliphatic carbocycles. The molecule has 6 heteroatoms. The van der Waals surface area contributed by atoms with Gasteiger partial charge in [-0.1, -0.05) is 0 Å². The molecule has 2 aliphatic rings. The normalized spacial score (nSPS) is 21.8. The van der Waals surface area contributed by atoms with Crippen molar-refractivity contribution in [2.75, 3.05) is 4.90 Å². The lowest BCUT2D eigenvalue weighted by molar-refractivity contribution is -0.137. The Hall–Kier alpha value is -2.24. The average molecular weight is 290 g/mol. The molecule has 0 aromatic heterocycles. The fourth-order valence-corrected chi connectivity index (χ4v) is 2.78. The Kier molecular flexibility index (Phi) is 3.23. The number of benzene rings is 1. The van der Waals surface area contributed by atoms with E-state index in [0.29, 0.717) is 5.69 Å².